The van der Waals surface area contributed by atoms with Gasteiger partial charge in [0, 0.05) is 4.90 Å². The minimum Gasteiger partial charge on any atom is -0.302 e. The molecule has 0 heterocycles. The minimum absolute atomic E-state index is 0.0863. The molecular weight excluding hydrogens is 215 g/mol. The second-order valence-corrected chi connectivity index (χ2v) is 4.16. The summed E-state index contributed by atoms with van der Waals surface area (Å²) in [4.78, 5) is 10.4. The summed E-state index contributed by atoms with van der Waals surface area (Å²) in [6.07, 6.45) is 0.549. The van der Waals surface area contributed by atoms with Gasteiger partial charge < -0.3 is 4.79 Å². The van der Waals surface area contributed by atoms with Crippen molar-refractivity contribution in [2.75, 3.05) is 5.75 Å². The number of hydrogen-bond acceptors (Lipinski definition) is 2. The summed E-state index contributed by atoms with van der Waals surface area (Å²) in [5.41, 5.74) is 0. The predicted molar refractivity (Wildman–Crippen MR) is 48.7 cm³/mol. The Morgan fingerprint density at radius 3 is 2.77 bits per heavy atom. The van der Waals surface area contributed by atoms with Crippen molar-refractivity contribution in [3.05, 3.63) is 29.0 Å². The second-order valence-electron chi connectivity index (χ2n) is 2.25. The van der Waals surface area contributed by atoms with E-state index in [1.807, 2.05) is 0 Å². The molecule has 0 fully saturated rings. The summed E-state index contributed by atoms with van der Waals surface area (Å²) in [5.74, 6) is -0.657. The summed E-state index contributed by atoms with van der Waals surface area (Å²) >= 11 is 5.46. The Morgan fingerprint density at radius 1 is 1.54 bits per heavy atom. The summed E-state index contributed by atoms with van der Waals surface area (Å²) in [6, 6.07) is 3.73. The van der Waals surface area contributed by atoms with Crippen molar-refractivity contribution in [3.8, 4) is 0 Å². The number of carbonyl (C=O) groups is 1. The van der Waals surface area contributed by atoms with Gasteiger partial charge in [0.15, 0.2) is 0 Å². The maximum Gasteiger partial charge on any atom is 0.141 e. The van der Waals surface area contributed by atoms with E-state index in [0.717, 1.165) is 6.07 Å². The lowest BCUT2D eigenvalue weighted by Crippen LogP contribution is -1.98. The Labute approximate surface area is 82.2 Å². The smallest absolute Gasteiger partial charge is 0.141 e. The molecule has 0 N–H and O–H groups in total. The van der Waals surface area contributed by atoms with Crippen LogP contribution in [0.4, 0.5) is 4.39 Å². The Morgan fingerprint density at radius 2 is 2.23 bits per heavy atom. The van der Waals surface area contributed by atoms with Crippen molar-refractivity contribution in [3.63, 3.8) is 0 Å². The number of aldehydes is 1. The highest BCUT2D eigenvalue weighted by Gasteiger charge is 2.06. The van der Waals surface area contributed by atoms with Gasteiger partial charge in [-0.2, -0.15) is 0 Å². The molecule has 0 aliphatic rings. The van der Waals surface area contributed by atoms with E-state index in [9.17, 15) is 13.4 Å². The van der Waals surface area contributed by atoms with Gasteiger partial charge in [-0.25, -0.2) is 4.39 Å². The van der Waals surface area contributed by atoms with Crippen LogP contribution in [0.1, 0.15) is 0 Å². The van der Waals surface area contributed by atoms with Gasteiger partial charge in [-0.3, -0.25) is 4.21 Å². The monoisotopic (exact) mass is 220 g/mol. The van der Waals surface area contributed by atoms with E-state index in [0.29, 0.717) is 11.2 Å². The first-order valence-corrected chi connectivity index (χ1v) is 5.12. The molecule has 70 valence electrons. The Balaban J connectivity index is 2.96. The molecule has 1 rings (SSSR count). The molecule has 0 aliphatic heterocycles. The zero-order valence-corrected chi connectivity index (χ0v) is 8.07. The third-order valence-corrected chi connectivity index (χ3v) is 2.88. The van der Waals surface area contributed by atoms with E-state index in [1.165, 1.54) is 12.1 Å². The molecule has 0 bridgehead atoms. The van der Waals surface area contributed by atoms with Gasteiger partial charge in [0.25, 0.3) is 0 Å². The first-order valence-electron chi connectivity index (χ1n) is 3.42. The predicted octanol–water partition coefficient (Wildman–Crippen LogP) is 1.79. The van der Waals surface area contributed by atoms with Gasteiger partial charge in [0.2, 0.25) is 0 Å². The molecule has 1 unspecified atom stereocenters. The maximum absolute atomic E-state index is 12.6. The number of halogens is 2. The first-order chi connectivity index (χ1) is 6.15. The molecule has 2 nitrogen and oxygen atoms in total. The summed E-state index contributed by atoms with van der Waals surface area (Å²) < 4.78 is 23.9. The highest BCUT2D eigenvalue weighted by Crippen LogP contribution is 2.18. The van der Waals surface area contributed by atoms with E-state index in [2.05, 4.69) is 0 Å². The molecular formula is C8H6ClFO2S. The highest BCUT2D eigenvalue weighted by atomic mass is 35.5. The van der Waals surface area contributed by atoms with E-state index in [1.54, 1.807) is 0 Å². The highest BCUT2D eigenvalue weighted by molar-refractivity contribution is 7.85. The fourth-order valence-corrected chi connectivity index (χ4v) is 1.81. The number of rotatable bonds is 3. The van der Waals surface area contributed by atoms with E-state index in [-0.39, 0.29) is 10.8 Å². The summed E-state index contributed by atoms with van der Waals surface area (Å²) in [7, 11) is -1.42. The van der Waals surface area contributed by atoms with Crippen molar-refractivity contribution in [1.29, 1.82) is 0 Å². The lowest BCUT2D eigenvalue weighted by atomic mass is 10.3. The van der Waals surface area contributed by atoms with Crippen molar-refractivity contribution in [1.82, 2.24) is 0 Å². The molecule has 1 atom stereocenters. The van der Waals surface area contributed by atoms with E-state index >= 15 is 0 Å². The van der Waals surface area contributed by atoms with Crippen molar-refractivity contribution >= 4 is 28.7 Å². The first kappa shape index (κ1) is 10.3. The third kappa shape index (κ3) is 2.60. The van der Waals surface area contributed by atoms with Crippen LogP contribution in [0.25, 0.3) is 0 Å². The summed E-state index contributed by atoms with van der Waals surface area (Å²) in [6.45, 7) is 0. The third-order valence-electron chi connectivity index (χ3n) is 1.37. The van der Waals surface area contributed by atoms with Gasteiger partial charge in [0.1, 0.15) is 12.1 Å². The Kier molecular flexibility index (Phi) is 3.57. The Bertz CT molecular complexity index is 354. The average molecular weight is 221 g/mol. The molecule has 5 heteroatoms. The van der Waals surface area contributed by atoms with Crippen molar-refractivity contribution < 1.29 is 13.4 Å². The molecule has 0 saturated carbocycles. The fourth-order valence-electron chi connectivity index (χ4n) is 0.776. The molecule has 0 amide bonds. The standard InChI is InChI=1S/C8H6ClFO2S/c9-7-5-6(1-2-8(7)10)13(12)4-3-11/h1-3,5H,4H2. The fraction of sp³-hybridized carbons (Fsp3) is 0.125. The van der Waals surface area contributed by atoms with Gasteiger partial charge >= 0.3 is 0 Å². The minimum atomic E-state index is -1.42. The number of hydrogen-bond donors (Lipinski definition) is 0. The van der Waals surface area contributed by atoms with E-state index < -0.39 is 16.6 Å². The van der Waals surface area contributed by atoms with Crippen LogP contribution in [0.5, 0.6) is 0 Å². The molecule has 13 heavy (non-hydrogen) atoms. The van der Waals surface area contributed by atoms with Crippen LogP contribution in [0.15, 0.2) is 23.1 Å². The SMILES string of the molecule is O=CCS(=O)c1ccc(F)c(Cl)c1. The number of carbonyl (C=O) groups excluding carboxylic acids is 1. The van der Waals surface area contributed by atoms with Crippen LogP contribution in [0.3, 0.4) is 0 Å². The molecule has 0 spiro atoms. The summed E-state index contributed by atoms with van der Waals surface area (Å²) in [5, 5.41) is -0.0863. The molecule has 1 aromatic rings. The van der Waals surface area contributed by atoms with Crippen LogP contribution in [0, 0.1) is 5.82 Å². The van der Waals surface area contributed by atoms with Crippen molar-refractivity contribution in [2.45, 2.75) is 4.90 Å². The zero-order chi connectivity index (χ0) is 9.84. The largest absolute Gasteiger partial charge is 0.302 e. The molecule has 0 aliphatic carbocycles. The van der Waals surface area contributed by atoms with Gasteiger partial charge in [-0.1, -0.05) is 11.6 Å². The quantitative estimate of drug-likeness (QED) is 0.728. The Hall–Kier alpha value is -0.740. The van der Waals surface area contributed by atoms with Crippen LogP contribution >= 0.6 is 11.6 Å². The van der Waals surface area contributed by atoms with Crippen LogP contribution in [-0.2, 0) is 15.6 Å². The number of benzene rings is 1. The molecule has 1 aromatic carbocycles. The normalized spacial score (nSPS) is 12.5. The topological polar surface area (TPSA) is 34.1 Å². The molecule has 0 radical (unpaired) electrons. The van der Waals surface area contributed by atoms with Gasteiger partial charge in [-0.05, 0) is 18.2 Å². The average Bonchev–Trinajstić information content (AvgIpc) is 2.10. The lowest BCUT2D eigenvalue weighted by Gasteiger charge is -1.99. The van der Waals surface area contributed by atoms with Crippen molar-refractivity contribution in [2.24, 2.45) is 0 Å². The van der Waals surface area contributed by atoms with Crippen LogP contribution < -0.4 is 0 Å². The zero-order valence-electron chi connectivity index (χ0n) is 6.50. The van der Waals surface area contributed by atoms with Crippen LogP contribution in [-0.4, -0.2) is 16.2 Å². The molecule has 0 saturated heterocycles. The van der Waals surface area contributed by atoms with Gasteiger partial charge in [0.05, 0.1) is 21.6 Å². The van der Waals surface area contributed by atoms with E-state index in [4.69, 9.17) is 11.6 Å². The second kappa shape index (κ2) is 4.48. The molecule has 0 aromatic heterocycles. The van der Waals surface area contributed by atoms with Crippen LogP contribution in [0.2, 0.25) is 5.02 Å². The lowest BCUT2D eigenvalue weighted by molar-refractivity contribution is -0.105. The van der Waals surface area contributed by atoms with Gasteiger partial charge in [-0.15, -0.1) is 0 Å². The maximum atomic E-state index is 12.6.